The molecule has 0 radical (unpaired) electrons. The van der Waals surface area contributed by atoms with E-state index in [1.54, 1.807) is 18.4 Å². The SMILES string of the molecule is COc1ccc(NC(=S)NC2CCc3sc(NC(=O)C4CC4)c(C)c3C2)cc1. The summed E-state index contributed by atoms with van der Waals surface area (Å²) in [7, 11) is 1.65. The molecule has 1 fully saturated rings. The van der Waals surface area contributed by atoms with Crippen LogP contribution in [-0.4, -0.2) is 24.2 Å². The van der Waals surface area contributed by atoms with Crippen LogP contribution >= 0.6 is 23.6 Å². The van der Waals surface area contributed by atoms with Gasteiger partial charge in [0.05, 0.1) is 12.1 Å². The highest BCUT2D eigenvalue weighted by molar-refractivity contribution is 7.80. The minimum absolute atomic E-state index is 0.182. The molecule has 3 N–H and O–H groups in total. The van der Waals surface area contributed by atoms with E-state index in [9.17, 15) is 4.79 Å². The van der Waals surface area contributed by atoms with E-state index in [0.29, 0.717) is 11.2 Å². The fraction of sp³-hybridized carbons (Fsp3) is 0.429. The molecule has 0 bridgehead atoms. The Labute approximate surface area is 174 Å². The molecular weight excluding hydrogens is 390 g/mol. The van der Waals surface area contributed by atoms with Gasteiger partial charge < -0.3 is 20.7 Å². The highest BCUT2D eigenvalue weighted by atomic mass is 32.1. The number of methoxy groups -OCH3 is 1. The average molecular weight is 416 g/mol. The number of fused-ring (bicyclic) bond motifs is 1. The number of anilines is 2. The number of thiocarbonyl (C=S) groups is 1. The third-order valence-electron chi connectivity index (χ3n) is 5.39. The lowest BCUT2D eigenvalue weighted by Crippen LogP contribution is -2.40. The van der Waals surface area contributed by atoms with Gasteiger partial charge in [-0.2, -0.15) is 0 Å². The van der Waals surface area contributed by atoms with Crippen LogP contribution in [0.3, 0.4) is 0 Å². The summed E-state index contributed by atoms with van der Waals surface area (Å²) in [5.74, 6) is 1.23. The number of hydrogen-bond donors (Lipinski definition) is 3. The predicted molar refractivity (Wildman–Crippen MR) is 119 cm³/mol. The Balaban J connectivity index is 1.35. The number of benzene rings is 1. The zero-order valence-electron chi connectivity index (χ0n) is 16.1. The Morgan fingerprint density at radius 3 is 2.61 bits per heavy atom. The van der Waals surface area contributed by atoms with Crippen molar-refractivity contribution in [3.8, 4) is 5.75 Å². The molecule has 7 heteroatoms. The molecule has 0 spiro atoms. The molecule has 1 amide bonds. The van der Waals surface area contributed by atoms with Gasteiger partial charge in [-0.25, -0.2) is 0 Å². The van der Waals surface area contributed by atoms with E-state index in [1.807, 2.05) is 24.3 Å². The van der Waals surface area contributed by atoms with Gasteiger partial charge in [0.25, 0.3) is 0 Å². The van der Waals surface area contributed by atoms with E-state index < -0.39 is 0 Å². The van der Waals surface area contributed by atoms with E-state index in [1.165, 1.54) is 16.0 Å². The first-order valence-electron chi connectivity index (χ1n) is 9.67. The molecule has 2 aromatic rings. The van der Waals surface area contributed by atoms with E-state index in [-0.39, 0.29) is 11.8 Å². The predicted octanol–water partition coefficient (Wildman–Crippen LogP) is 4.26. The number of amides is 1. The maximum absolute atomic E-state index is 12.1. The molecular formula is C21H25N3O2S2. The first kappa shape index (κ1) is 19.2. The molecule has 2 aliphatic carbocycles. The van der Waals surface area contributed by atoms with Crippen molar-refractivity contribution in [2.24, 2.45) is 5.92 Å². The molecule has 5 nitrogen and oxygen atoms in total. The third-order valence-corrected chi connectivity index (χ3v) is 6.92. The Bertz CT molecular complexity index is 888. The molecule has 148 valence electrons. The van der Waals surface area contributed by atoms with Crippen molar-refractivity contribution in [1.82, 2.24) is 5.32 Å². The van der Waals surface area contributed by atoms with Crippen molar-refractivity contribution in [1.29, 1.82) is 0 Å². The van der Waals surface area contributed by atoms with Gasteiger partial charge in [-0.05, 0) is 86.6 Å². The first-order chi connectivity index (χ1) is 13.5. The number of thiophene rings is 1. The highest BCUT2D eigenvalue weighted by Crippen LogP contribution is 2.39. The minimum atomic E-state index is 0.182. The van der Waals surface area contributed by atoms with Crippen molar-refractivity contribution in [3.05, 3.63) is 40.3 Å². The molecule has 0 saturated heterocycles. The van der Waals surface area contributed by atoms with Gasteiger partial charge in [0.1, 0.15) is 5.75 Å². The number of aryl methyl sites for hydroxylation is 1. The Morgan fingerprint density at radius 2 is 1.93 bits per heavy atom. The fourth-order valence-corrected chi connectivity index (χ4v) is 5.10. The summed E-state index contributed by atoms with van der Waals surface area (Å²) in [4.78, 5) is 13.5. The summed E-state index contributed by atoms with van der Waals surface area (Å²) < 4.78 is 5.18. The minimum Gasteiger partial charge on any atom is -0.497 e. The summed E-state index contributed by atoms with van der Waals surface area (Å²) >= 11 is 7.24. The number of rotatable bonds is 5. The van der Waals surface area contributed by atoms with Crippen molar-refractivity contribution >= 4 is 45.3 Å². The van der Waals surface area contributed by atoms with Crippen molar-refractivity contribution in [3.63, 3.8) is 0 Å². The summed E-state index contributed by atoms with van der Waals surface area (Å²) in [6, 6.07) is 8.01. The largest absolute Gasteiger partial charge is 0.497 e. The van der Waals surface area contributed by atoms with Gasteiger partial charge in [-0.1, -0.05) is 0 Å². The first-order valence-corrected chi connectivity index (χ1v) is 10.9. The normalized spacial score (nSPS) is 18.1. The van der Waals surface area contributed by atoms with Crippen LogP contribution in [0.25, 0.3) is 0 Å². The molecule has 1 atom stereocenters. The number of carbonyl (C=O) groups is 1. The van der Waals surface area contributed by atoms with Crippen LogP contribution in [0.5, 0.6) is 5.75 Å². The van der Waals surface area contributed by atoms with Crippen LogP contribution in [-0.2, 0) is 17.6 Å². The molecule has 28 heavy (non-hydrogen) atoms. The van der Waals surface area contributed by atoms with Gasteiger partial charge in [0, 0.05) is 22.5 Å². The van der Waals surface area contributed by atoms with E-state index in [4.69, 9.17) is 17.0 Å². The molecule has 2 aliphatic rings. The van der Waals surface area contributed by atoms with Crippen LogP contribution in [0, 0.1) is 12.8 Å². The number of hydrogen-bond acceptors (Lipinski definition) is 4. The van der Waals surface area contributed by atoms with Gasteiger partial charge in [-0.3, -0.25) is 4.79 Å². The Kier molecular flexibility index (Phi) is 5.55. The van der Waals surface area contributed by atoms with Gasteiger partial charge in [-0.15, -0.1) is 11.3 Å². The van der Waals surface area contributed by atoms with Crippen molar-refractivity contribution in [2.75, 3.05) is 17.7 Å². The molecule has 1 aromatic carbocycles. The second-order valence-electron chi connectivity index (χ2n) is 7.49. The van der Waals surface area contributed by atoms with Crippen LogP contribution < -0.4 is 20.7 Å². The summed E-state index contributed by atoms with van der Waals surface area (Å²) in [6.45, 7) is 2.12. The van der Waals surface area contributed by atoms with Gasteiger partial charge in [0.2, 0.25) is 5.91 Å². The third kappa shape index (κ3) is 4.31. The fourth-order valence-electron chi connectivity index (χ4n) is 3.56. The second-order valence-corrected chi connectivity index (χ2v) is 9.00. The van der Waals surface area contributed by atoms with Crippen molar-refractivity contribution in [2.45, 2.75) is 45.1 Å². The van der Waals surface area contributed by atoms with E-state index in [0.717, 1.165) is 48.5 Å². The highest BCUT2D eigenvalue weighted by Gasteiger charge is 2.31. The smallest absolute Gasteiger partial charge is 0.228 e. The van der Waals surface area contributed by atoms with E-state index in [2.05, 4.69) is 22.9 Å². The lowest BCUT2D eigenvalue weighted by atomic mass is 9.92. The maximum Gasteiger partial charge on any atom is 0.228 e. The Hall–Kier alpha value is -2.12. The van der Waals surface area contributed by atoms with Gasteiger partial charge in [0.15, 0.2) is 5.11 Å². The number of carbonyl (C=O) groups excluding carboxylic acids is 1. The lowest BCUT2D eigenvalue weighted by molar-refractivity contribution is -0.117. The quantitative estimate of drug-likeness (QED) is 0.637. The molecule has 1 heterocycles. The molecule has 1 unspecified atom stereocenters. The summed E-state index contributed by atoms with van der Waals surface area (Å²) in [5, 5.41) is 11.5. The topological polar surface area (TPSA) is 62.4 Å². The van der Waals surface area contributed by atoms with Crippen LogP contribution in [0.15, 0.2) is 24.3 Å². The zero-order chi connectivity index (χ0) is 19.7. The second kappa shape index (κ2) is 8.09. The molecule has 1 aromatic heterocycles. The molecule has 4 rings (SSSR count). The number of ether oxygens (including phenoxy) is 1. The lowest BCUT2D eigenvalue weighted by Gasteiger charge is -2.25. The van der Waals surface area contributed by atoms with Crippen LogP contribution in [0.4, 0.5) is 10.7 Å². The monoisotopic (exact) mass is 415 g/mol. The van der Waals surface area contributed by atoms with E-state index >= 15 is 0 Å². The average Bonchev–Trinajstić information content (AvgIpc) is 3.49. The van der Waals surface area contributed by atoms with Crippen molar-refractivity contribution < 1.29 is 9.53 Å². The standard InChI is InChI=1S/C21H25N3O2S2/c1-12-17-11-15(23-21(27)22-14-5-8-16(26-2)9-6-14)7-10-18(17)28-20(12)24-19(25)13-3-4-13/h5-6,8-9,13,15H,3-4,7,10-11H2,1-2H3,(H,24,25)(H2,22,23,27). The maximum atomic E-state index is 12.1. The summed E-state index contributed by atoms with van der Waals surface area (Å²) in [6.07, 6.45) is 5.04. The molecule has 1 saturated carbocycles. The zero-order valence-corrected chi connectivity index (χ0v) is 17.8. The Morgan fingerprint density at radius 1 is 1.18 bits per heavy atom. The number of nitrogens with one attached hydrogen (secondary N) is 3. The summed E-state index contributed by atoms with van der Waals surface area (Å²) in [5.41, 5.74) is 3.52. The van der Waals surface area contributed by atoms with Gasteiger partial charge >= 0.3 is 0 Å². The van der Waals surface area contributed by atoms with Crippen LogP contribution in [0.1, 0.15) is 35.3 Å². The van der Waals surface area contributed by atoms with Crippen LogP contribution in [0.2, 0.25) is 0 Å². The molecule has 0 aliphatic heterocycles.